The Hall–Kier alpha value is -4.51. The first-order valence-electron chi connectivity index (χ1n) is 10.8. The predicted molar refractivity (Wildman–Crippen MR) is 135 cm³/mol. The van der Waals surface area contributed by atoms with Crippen molar-refractivity contribution in [2.24, 2.45) is 4.99 Å². The van der Waals surface area contributed by atoms with Gasteiger partial charge in [0.05, 0.1) is 28.3 Å². The van der Waals surface area contributed by atoms with Gasteiger partial charge in [-0.1, -0.05) is 43.3 Å². The molecule has 3 aromatic rings. The van der Waals surface area contributed by atoms with Gasteiger partial charge in [-0.25, -0.2) is 13.2 Å². The zero-order valence-electron chi connectivity index (χ0n) is 19.5. The quantitative estimate of drug-likeness (QED) is 0.339. The average Bonchev–Trinajstić information content (AvgIpc) is 2.90. The summed E-state index contributed by atoms with van der Waals surface area (Å²) in [5, 5.41) is 7.73. The first kappa shape index (κ1) is 26.1. The van der Waals surface area contributed by atoms with Crippen molar-refractivity contribution in [1.82, 2.24) is 5.32 Å². The smallest absolute Gasteiger partial charge is 0.413 e. The zero-order chi connectivity index (χ0) is 26.1. The Balaban J connectivity index is 2.06. The van der Waals surface area contributed by atoms with E-state index in [2.05, 4.69) is 25.7 Å². The van der Waals surface area contributed by atoms with Gasteiger partial charge in [-0.05, 0) is 42.5 Å². The molecule has 0 atom stereocenters. The summed E-state index contributed by atoms with van der Waals surface area (Å²) in [4.78, 5) is 40.3. The van der Waals surface area contributed by atoms with Gasteiger partial charge in [0, 0.05) is 12.0 Å². The summed E-state index contributed by atoms with van der Waals surface area (Å²) >= 11 is 0. The molecule has 0 aliphatic heterocycles. The predicted octanol–water partition coefficient (Wildman–Crippen LogP) is 3.83. The van der Waals surface area contributed by atoms with Crippen LogP contribution in [0.1, 0.15) is 23.7 Å². The number of sulfone groups is 1. The number of nitrogens with zero attached hydrogens (tertiary/aromatic N) is 1. The Labute approximate surface area is 208 Å². The number of amides is 3. The number of ether oxygens (including phenoxy) is 1. The van der Waals surface area contributed by atoms with Gasteiger partial charge in [-0.15, -0.1) is 0 Å². The highest BCUT2D eigenvalue weighted by Gasteiger charge is 2.21. The molecule has 3 amide bonds. The van der Waals surface area contributed by atoms with Crippen LogP contribution < -0.4 is 16.0 Å². The highest BCUT2D eigenvalue weighted by Crippen LogP contribution is 2.29. The van der Waals surface area contributed by atoms with E-state index < -0.39 is 27.7 Å². The van der Waals surface area contributed by atoms with E-state index in [4.69, 9.17) is 0 Å². The number of benzene rings is 3. The van der Waals surface area contributed by atoms with E-state index in [1.54, 1.807) is 55.5 Å². The SMILES string of the molecule is CCC(=O)/N=C(/NC(=O)OC)Nc1ccc(S(=O)(=O)c2ccccc2)cc1NC(=O)c1ccccc1. The summed E-state index contributed by atoms with van der Waals surface area (Å²) in [6, 6.07) is 20.2. The van der Waals surface area contributed by atoms with Crippen LogP contribution in [0.2, 0.25) is 0 Å². The number of rotatable bonds is 6. The van der Waals surface area contributed by atoms with E-state index in [0.717, 1.165) is 7.11 Å². The van der Waals surface area contributed by atoms with Gasteiger partial charge in [0.2, 0.25) is 21.7 Å². The lowest BCUT2D eigenvalue weighted by molar-refractivity contribution is -0.117. The lowest BCUT2D eigenvalue weighted by Crippen LogP contribution is -2.36. The number of carbonyl (C=O) groups excluding carboxylic acids is 3. The summed E-state index contributed by atoms with van der Waals surface area (Å²) in [7, 11) is -2.76. The summed E-state index contributed by atoms with van der Waals surface area (Å²) in [5.74, 6) is -1.30. The van der Waals surface area contributed by atoms with E-state index in [9.17, 15) is 22.8 Å². The van der Waals surface area contributed by atoms with Gasteiger partial charge < -0.3 is 15.4 Å². The third-order valence-corrected chi connectivity index (χ3v) is 6.60. The molecule has 0 aliphatic carbocycles. The molecule has 0 unspecified atom stereocenters. The number of anilines is 2. The van der Waals surface area contributed by atoms with Crippen LogP contribution in [0.3, 0.4) is 0 Å². The molecule has 0 fully saturated rings. The Morgan fingerprint density at radius 1 is 0.833 bits per heavy atom. The first-order chi connectivity index (χ1) is 17.2. The van der Waals surface area contributed by atoms with E-state index >= 15 is 0 Å². The Bertz CT molecular complexity index is 1390. The van der Waals surface area contributed by atoms with Crippen LogP contribution in [0, 0.1) is 0 Å². The molecular weight excluding hydrogens is 484 g/mol. The zero-order valence-corrected chi connectivity index (χ0v) is 20.3. The van der Waals surface area contributed by atoms with Gasteiger partial charge in [0.25, 0.3) is 5.91 Å². The van der Waals surface area contributed by atoms with Crippen molar-refractivity contribution >= 4 is 45.1 Å². The summed E-state index contributed by atoms with van der Waals surface area (Å²) in [6.07, 6.45) is -0.816. The average molecular weight is 509 g/mol. The van der Waals surface area contributed by atoms with E-state index in [0.29, 0.717) is 5.56 Å². The van der Waals surface area contributed by atoms with E-state index in [1.807, 2.05) is 0 Å². The fourth-order valence-corrected chi connectivity index (χ4v) is 4.30. The molecule has 0 spiro atoms. The molecule has 3 N–H and O–H groups in total. The molecule has 0 aromatic heterocycles. The number of guanidine groups is 1. The standard InChI is InChI=1S/C25H24N4O6S/c1-3-22(30)28-24(29-25(32)35-2)27-20-15-14-19(36(33,34)18-12-8-5-9-13-18)16-21(20)26-23(31)17-10-6-4-7-11-17/h4-16H,3H2,1-2H3,(H,26,31)(H2,27,28,29,30,32). The second-order valence-electron chi connectivity index (χ2n) is 7.29. The summed E-state index contributed by atoms with van der Waals surface area (Å²) < 4.78 is 30.9. The molecule has 0 radical (unpaired) electrons. The lowest BCUT2D eigenvalue weighted by Gasteiger charge is -2.16. The fraction of sp³-hybridized carbons (Fsp3) is 0.120. The highest BCUT2D eigenvalue weighted by atomic mass is 32.2. The molecule has 0 aliphatic rings. The topological polar surface area (TPSA) is 143 Å². The summed E-state index contributed by atoms with van der Waals surface area (Å²) in [5.41, 5.74) is 0.581. The fourth-order valence-electron chi connectivity index (χ4n) is 2.99. The first-order valence-corrected chi connectivity index (χ1v) is 12.3. The molecule has 11 heteroatoms. The number of nitrogens with one attached hydrogen (secondary N) is 3. The van der Waals surface area contributed by atoms with Crippen molar-refractivity contribution in [1.29, 1.82) is 0 Å². The second-order valence-corrected chi connectivity index (χ2v) is 9.24. The van der Waals surface area contributed by atoms with Gasteiger partial charge in [0.15, 0.2) is 0 Å². The van der Waals surface area contributed by atoms with Crippen LogP contribution in [0.25, 0.3) is 0 Å². The minimum atomic E-state index is -3.91. The van der Waals surface area contributed by atoms with Crippen molar-refractivity contribution in [3.8, 4) is 0 Å². The third-order valence-electron chi connectivity index (χ3n) is 4.84. The molecule has 10 nitrogen and oxygen atoms in total. The van der Waals surface area contributed by atoms with Crippen molar-refractivity contribution in [3.05, 3.63) is 84.4 Å². The molecule has 0 heterocycles. The van der Waals surface area contributed by atoms with Crippen molar-refractivity contribution < 1.29 is 27.5 Å². The van der Waals surface area contributed by atoms with Gasteiger partial charge in [-0.2, -0.15) is 4.99 Å². The van der Waals surface area contributed by atoms with Crippen LogP contribution in [0.15, 0.2) is 93.6 Å². The number of alkyl carbamates (subject to hydrolysis) is 1. The molecule has 0 saturated carbocycles. The largest absolute Gasteiger partial charge is 0.453 e. The molecule has 0 bridgehead atoms. The van der Waals surface area contributed by atoms with Crippen LogP contribution >= 0.6 is 0 Å². The number of hydrogen-bond donors (Lipinski definition) is 3. The molecule has 3 rings (SSSR count). The van der Waals surface area contributed by atoms with Gasteiger partial charge >= 0.3 is 6.09 Å². The molecule has 186 valence electrons. The monoisotopic (exact) mass is 508 g/mol. The second kappa shape index (κ2) is 11.8. The van der Waals surface area contributed by atoms with Gasteiger partial charge in [-0.3, -0.25) is 14.9 Å². The number of carbonyl (C=O) groups is 3. The molecule has 36 heavy (non-hydrogen) atoms. The third kappa shape index (κ3) is 6.54. The number of methoxy groups -OCH3 is 1. The molecular formula is C25H24N4O6S. The Morgan fingerprint density at radius 2 is 1.47 bits per heavy atom. The minimum absolute atomic E-state index is 0.0693. The van der Waals surface area contributed by atoms with Crippen LogP contribution in [0.4, 0.5) is 16.2 Å². The van der Waals surface area contributed by atoms with Crippen LogP contribution in [-0.4, -0.2) is 39.4 Å². The van der Waals surface area contributed by atoms with E-state index in [1.165, 1.54) is 30.3 Å². The van der Waals surface area contributed by atoms with Crippen LogP contribution in [-0.2, 0) is 19.4 Å². The Kier molecular flexibility index (Phi) is 8.52. The summed E-state index contributed by atoms with van der Waals surface area (Å²) in [6.45, 7) is 1.59. The molecule has 3 aromatic carbocycles. The maximum absolute atomic E-state index is 13.2. The normalized spacial score (nSPS) is 11.3. The van der Waals surface area contributed by atoms with Crippen molar-refractivity contribution in [2.75, 3.05) is 17.7 Å². The Morgan fingerprint density at radius 3 is 2.08 bits per heavy atom. The lowest BCUT2D eigenvalue weighted by atomic mass is 10.2. The number of aliphatic imine (C=N–C) groups is 1. The highest BCUT2D eigenvalue weighted by molar-refractivity contribution is 7.91. The van der Waals surface area contributed by atoms with Gasteiger partial charge in [0.1, 0.15) is 0 Å². The minimum Gasteiger partial charge on any atom is -0.453 e. The van der Waals surface area contributed by atoms with Crippen molar-refractivity contribution in [3.63, 3.8) is 0 Å². The molecule has 0 saturated heterocycles. The van der Waals surface area contributed by atoms with E-state index in [-0.39, 0.29) is 33.5 Å². The van der Waals surface area contributed by atoms with Crippen molar-refractivity contribution in [2.45, 2.75) is 23.1 Å². The maximum atomic E-state index is 13.2. The number of hydrogen-bond acceptors (Lipinski definition) is 6. The van der Waals surface area contributed by atoms with Crippen LogP contribution in [0.5, 0.6) is 0 Å². The maximum Gasteiger partial charge on any atom is 0.413 e.